The van der Waals surface area contributed by atoms with E-state index in [4.69, 9.17) is 16.3 Å². The van der Waals surface area contributed by atoms with Crippen molar-refractivity contribution in [1.29, 1.82) is 0 Å². The minimum absolute atomic E-state index is 0.0495. The molecule has 0 aliphatic rings. The molecule has 0 N–H and O–H groups in total. The average molecular weight is 544 g/mol. The number of halogens is 2. The summed E-state index contributed by atoms with van der Waals surface area (Å²) in [6.07, 6.45) is 0. The molecule has 0 bridgehead atoms. The van der Waals surface area contributed by atoms with E-state index in [1.54, 1.807) is 54.0 Å². The Morgan fingerprint density at radius 3 is 2.51 bits per heavy atom. The molecule has 0 spiro atoms. The molecule has 0 aliphatic heterocycles. The Bertz CT molecular complexity index is 1450. The maximum atomic E-state index is 13.4. The molecule has 0 saturated carbocycles. The molecule has 190 valence electrons. The van der Waals surface area contributed by atoms with E-state index in [2.05, 4.69) is 10.2 Å². The highest BCUT2D eigenvalue weighted by Gasteiger charge is 2.24. The molecular formula is C24H19ClFN5O5S. The SMILES string of the molecule is Cc1nnc(S[C@H](C[N+](=O)[O-])c2ccc(OCc3cccc([N+](=O)[O-])c3)c(Cl)c2)n1-c1ccc(F)cc1. The van der Waals surface area contributed by atoms with Crippen molar-refractivity contribution in [1.82, 2.24) is 14.8 Å². The van der Waals surface area contributed by atoms with Gasteiger partial charge in [0.1, 0.15) is 29.2 Å². The van der Waals surface area contributed by atoms with Crippen LogP contribution in [0.2, 0.25) is 5.02 Å². The summed E-state index contributed by atoms with van der Waals surface area (Å²) in [5.41, 5.74) is 1.73. The van der Waals surface area contributed by atoms with E-state index < -0.39 is 27.5 Å². The highest BCUT2D eigenvalue weighted by molar-refractivity contribution is 7.99. The third kappa shape index (κ3) is 6.40. The number of ether oxygens (including phenoxy) is 1. The zero-order valence-corrected chi connectivity index (χ0v) is 20.9. The van der Waals surface area contributed by atoms with Crippen molar-refractivity contribution >= 4 is 29.1 Å². The predicted molar refractivity (Wildman–Crippen MR) is 135 cm³/mol. The van der Waals surface area contributed by atoms with Crippen LogP contribution < -0.4 is 4.74 Å². The molecule has 0 saturated heterocycles. The van der Waals surface area contributed by atoms with Gasteiger partial charge in [-0.25, -0.2) is 4.39 Å². The Hall–Kier alpha value is -4.03. The first-order chi connectivity index (χ1) is 17.7. The summed E-state index contributed by atoms with van der Waals surface area (Å²) >= 11 is 7.56. The number of hydrogen-bond donors (Lipinski definition) is 0. The van der Waals surface area contributed by atoms with Crippen LogP contribution in [0.15, 0.2) is 71.9 Å². The van der Waals surface area contributed by atoms with Gasteiger partial charge in [-0.05, 0) is 54.4 Å². The van der Waals surface area contributed by atoms with Crippen molar-refractivity contribution in [3.63, 3.8) is 0 Å². The number of nitro benzene ring substituents is 1. The lowest BCUT2D eigenvalue weighted by Gasteiger charge is -2.16. The Morgan fingerprint density at radius 1 is 1.08 bits per heavy atom. The zero-order chi connectivity index (χ0) is 26.5. The van der Waals surface area contributed by atoms with Gasteiger partial charge in [-0.15, -0.1) is 10.2 Å². The third-order valence-electron chi connectivity index (χ3n) is 5.29. The summed E-state index contributed by atoms with van der Waals surface area (Å²) in [4.78, 5) is 21.5. The number of non-ortho nitro benzene ring substituents is 1. The molecule has 0 radical (unpaired) electrons. The fraction of sp³-hybridized carbons (Fsp3) is 0.167. The molecule has 4 rings (SSSR count). The number of aryl methyl sites for hydroxylation is 1. The molecule has 0 aliphatic carbocycles. The molecular weight excluding hydrogens is 525 g/mol. The van der Waals surface area contributed by atoms with E-state index in [9.17, 15) is 24.6 Å². The number of thioether (sulfide) groups is 1. The van der Waals surface area contributed by atoms with Gasteiger partial charge in [-0.2, -0.15) is 0 Å². The van der Waals surface area contributed by atoms with Crippen LogP contribution in [0, 0.1) is 33.0 Å². The van der Waals surface area contributed by atoms with Crippen molar-refractivity contribution < 1.29 is 19.0 Å². The van der Waals surface area contributed by atoms with Crippen molar-refractivity contribution in [2.45, 2.75) is 23.9 Å². The Labute approximate surface area is 219 Å². The predicted octanol–water partition coefficient (Wildman–Crippen LogP) is 5.97. The lowest BCUT2D eigenvalue weighted by molar-refractivity contribution is -0.479. The Kier molecular flexibility index (Phi) is 7.99. The summed E-state index contributed by atoms with van der Waals surface area (Å²) in [5.74, 6) is 0.473. The van der Waals surface area contributed by atoms with Crippen LogP contribution in [-0.2, 0) is 6.61 Å². The van der Waals surface area contributed by atoms with Crippen LogP contribution in [0.4, 0.5) is 10.1 Å². The number of nitrogens with zero attached hydrogens (tertiary/aromatic N) is 5. The van der Waals surface area contributed by atoms with Gasteiger partial charge in [0.15, 0.2) is 5.16 Å². The van der Waals surface area contributed by atoms with Crippen LogP contribution in [0.5, 0.6) is 5.75 Å². The molecule has 1 heterocycles. The standard InChI is InChI=1S/C24H19ClFN5O5S/c1-15-27-28-24(30(15)19-8-6-18(26)7-9-19)37-23(13-29(32)33)17-5-10-22(21(25)12-17)36-14-16-3-2-4-20(11-16)31(34)35/h2-12,23H,13-14H2,1H3/t23-/m1/s1. The van der Waals surface area contributed by atoms with Gasteiger partial charge in [-0.3, -0.25) is 24.8 Å². The third-order valence-corrected chi connectivity index (χ3v) is 6.76. The lowest BCUT2D eigenvalue weighted by atomic mass is 10.1. The number of hydrogen-bond acceptors (Lipinski definition) is 8. The summed E-state index contributed by atoms with van der Waals surface area (Å²) in [7, 11) is 0. The van der Waals surface area contributed by atoms with E-state index in [0.29, 0.717) is 33.5 Å². The van der Waals surface area contributed by atoms with Gasteiger partial charge in [0.05, 0.1) is 9.95 Å². The summed E-state index contributed by atoms with van der Waals surface area (Å²) in [6.45, 7) is 1.37. The summed E-state index contributed by atoms with van der Waals surface area (Å²) in [6, 6.07) is 16.7. The summed E-state index contributed by atoms with van der Waals surface area (Å²) < 4.78 is 20.8. The molecule has 1 atom stereocenters. The molecule has 37 heavy (non-hydrogen) atoms. The highest BCUT2D eigenvalue weighted by Crippen LogP contribution is 2.38. The van der Waals surface area contributed by atoms with Crippen LogP contribution in [0.1, 0.15) is 22.2 Å². The molecule has 1 aromatic heterocycles. The van der Waals surface area contributed by atoms with E-state index in [-0.39, 0.29) is 17.3 Å². The Balaban J connectivity index is 1.56. The first-order valence-electron chi connectivity index (χ1n) is 10.8. The van der Waals surface area contributed by atoms with Crippen LogP contribution >= 0.6 is 23.4 Å². The second-order valence-corrected chi connectivity index (χ2v) is 9.45. The Morgan fingerprint density at radius 2 is 1.84 bits per heavy atom. The van der Waals surface area contributed by atoms with Crippen LogP contribution in [0.3, 0.4) is 0 Å². The zero-order valence-electron chi connectivity index (χ0n) is 19.3. The van der Waals surface area contributed by atoms with E-state index in [0.717, 1.165) is 11.8 Å². The summed E-state index contributed by atoms with van der Waals surface area (Å²) in [5, 5.41) is 30.6. The van der Waals surface area contributed by atoms with Crippen molar-refractivity contribution in [3.05, 3.63) is 115 Å². The molecule has 0 unspecified atom stereocenters. The normalized spacial score (nSPS) is 11.8. The smallest absolute Gasteiger partial charge is 0.269 e. The second-order valence-electron chi connectivity index (χ2n) is 7.87. The first kappa shape index (κ1) is 26.0. The molecule has 0 fully saturated rings. The molecule has 4 aromatic rings. The van der Waals surface area contributed by atoms with Gasteiger partial charge in [-0.1, -0.05) is 41.6 Å². The second kappa shape index (κ2) is 11.4. The van der Waals surface area contributed by atoms with Gasteiger partial charge in [0.2, 0.25) is 6.54 Å². The van der Waals surface area contributed by atoms with Crippen LogP contribution in [-0.4, -0.2) is 31.2 Å². The van der Waals surface area contributed by atoms with Crippen molar-refractivity contribution in [2.24, 2.45) is 0 Å². The number of benzene rings is 3. The fourth-order valence-corrected chi connectivity index (χ4v) is 4.94. The van der Waals surface area contributed by atoms with Gasteiger partial charge in [0.25, 0.3) is 5.69 Å². The fourth-order valence-electron chi connectivity index (χ4n) is 3.54. The van der Waals surface area contributed by atoms with Crippen molar-refractivity contribution in [2.75, 3.05) is 6.54 Å². The average Bonchev–Trinajstić information content (AvgIpc) is 3.23. The number of aromatic nitrogens is 3. The largest absolute Gasteiger partial charge is 0.487 e. The van der Waals surface area contributed by atoms with Gasteiger partial charge >= 0.3 is 0 Å². The molecule has 0 amide bonds. The van der Waals surface area contributed by atoms with Gasteiger partial charge < -0.3 is 4.74 Å². The molecule has 3 aromatic carbocycles. The maximum absolute atomic E-state index is 13.4. The number of nitro groups is 2. The molecule has 10 nitrogen and oxygen atoms in total. The first-order valence-corrected chi connectivity index (χ1v) is 12.1. The quantitative estimate of drug-likeness (QED) is 0.136. The lowest BCUT2D eigenvalue weighted by Crippen LogP contribution is -2.11. The van der Waals surface area contributed by atoms with Crippen molar-refractivity contribution in [3.8, 4) is 11.4 Å². The minimum atomic E-state index is -0.666. The highest BCUT2D eigenvalue weighted by atomic mass is 35.5. The monoisotopic (exact) mass is 543 g/mol. The maximum Gasteiger partial charge on any atom is 0.269 e. The minimum Gasteiger partial charge on any atom is -0.487 e. The van der Waals surface area contributed by atoms with E-state index in [1.165, 1.54) is 24.3 Å². The van der Waals surface area contributed by atoms with E-state index >= 15 is 0 Å². The van der Waals surface area contributed by atoms with Gasteiger partial charge in [0, 0.05) is 22.7 Å². The topological polar surface area (TPSA) is 126 Å². The van der Waals surface area contributed by atoms with Crippen LogP contribution in [0.25, 0.3) is 5.69 Å². The number of rotatable bonds is 10. The van der Waals surface area contributed by atoms with E-state index in [1.807, 2.05) is 0 Å². The molecule has 13 heteroatoms.